The van der Waals surface area contributed by atoms with Crippen LogP contribution in [0.5, 0.6) is 0 Å². The van der Waals surface area contributed by atoms with Crippen LogP contribution in [-0.2, 0) is 4.74 Å². The highest BCUT2D eigenvalue weighted by molar-refractivity contribution is 4.52. The SMILES string of the molecule is CCCCCCCCOCCC(C)CCCC. The summed E-state index contributed by atoms with van der Waals surface area (Å²) in [5.74, 6) is 0.847. The standard InChI is InChI=1S/C16H34O/c1-4-6-8-9-10-11-14-17-15-13-16(3)12-7-5-2/h16H,4-15H2,1-3H3. The lowest BCUT2D eigenvalue weighted by molar-refractivity contribution is 0.116. The van der Waals surface area contributed by atoms with Crippen molar-refractivity contribution in [1.82, 2.24) is 0 Å². The lowest BCUT2D eigenvalue weighted by atomic mass is 10.0. The van der Waals surface area contributed by atoms with Gasteiger partial charge in [0.2, 0.25) is 0 Å². The van der Waals surface area contributed by atoms with Crippen LogP contribution in [0.4, 0.5) is 0 Å². The summed E-state index contributed by atoms with van der Waals surface area (Å²) >= 11 is 0. The molecule has 0 aliphatic rings. The van der Waals surface area contributed by atoms with Crippen LogP contribution in [0.3, 0.4) is 0 Å². The van der Waals surface area contributed by atoms with Gasteiger partial charge in [-0.3, -0.25) is 0 Å². The maximum Gasteiger partial charge on any atom is 0.0468 e. The molecule has 0 aromatic rings. The summed E-state index contributed by atoms with van der Waals surface area (Å²) in [6, 6.07) is 0. The first-order valence-electron chi connectivity index (χ1n) is 7.89. The first-order valence-corrected chi connectivity index (χ1v) is 7.89. The maximum atomic E-state index is 5.69. The second kappa shape index (κ2) is 14.0. The van der Waals surface area contributed by atoms with Gasteiger partial charge in [-0.15, -0.1) is 0 Å². The second-order valence-corrected chi connectivity index (χ2v) is 5.42. The predicted octanol–water partition coefficient (Wildman–Crippen LogP) is 5.58. The topological polar surface area (TPSA) is 9.23 Å². The first kappa shape index (κ1) is 17.0. The van der Waals surface area contributed by atoms with Crippen molar-refractivity contribution in [2.24, 2.45) is 5.92 Å². The normalized spacial score (nSPS) is 12.9. The van der Waals surface area contributed by atoms with Crippen LogP contribution in [0, 0.1) is 5.92 Å². The largest absolute Gasteiger partial charge is 0.381 e. The van der Waals surface area contributed by atoms with E-state index >= 15 is 0 Å². The van der Waals surface area contributed by atoms with Crippen LogP contribution in [0.2, 0.25) is 0 Å². The Hall–Kier alpha value is -0.0400. The van der Waals surface area contributed by atoms with Gasteiger partial charge in [0.1, 0.15) is 0 Å². The fourth-order valence-corrected chi connectivity index (χ4v) is 2.07. The molecule has 0 aromatic carbocycles. The van der Waals surface area contributed by atoms with Gasteiger partial charge < -0.3 is 4.74 Å². The van der Waals surface area contributed by atoms with Gasteiger partial charge >= 0.3 is 0 Å². The number of hydrogen-bond donors (Lipinski definition) is 0. The van der Waals surface area contributed by atoms with Crippen LogP contribution >= 0.6 is 0 Å². The summed E-state index contributed by atoms with van der Waals surface area (Å²) in [4.78, 5) is 0. The van der Waals surface area contributed by atoms with Gasteiger partial charge in [0.15, 0.2) is 0 Å². The van der Waals surface area contributed by atoms with E-state index < -0.39 is 0 Å². The Bertz CT molecular complexity index is 133. The third-order valence-electron chi connectivity index (χ3n) is 3.45. The Morgan fingerprint density at radius 3 is 2.06 bits per heavy atom. The Balaban J connectivity index is 3.02. The molecule has 1 nitrogen and oxygen atoms in total. The Morgan fingerprint density at radius 1 is 0.706 bits per heavy atom. The van der Waals surface area contributed by atoms with E-state index in [9.17, 15) is 0 Å². The van der Waals surface area contributed by atoms with Crippen molar-refractivity contribution >= 4 is 0 Å². The van der Waals surface area contributed by atoms with E-state index in [2.05, 4.69) is 20.8 Å². The zero-order valence-electron chi connectivity index (χ0n) is 12.5. The third kappa shape index (κ3) is 13.9. The lowest BCUT2D eigenvalue weighted by Crippen LogP contribution is -2.03. The summed E-state index contributed by atoms with van der Waals surface area (Å²) in [6.07, 6.45) is 13.5. The van der Waals surface area contributed by atoms with Gasteiger partial charge in [0.25, 0.3) is 0 Å². The maximum absolute atomic E-state index is 5.69. The number of rotatable bonds is 13. The van der Waals surface area contributed by atoms with E-state index in [1.807, 2.05) is 0 Å². The van der Waals surface area contributed by atoms with Crippen molar-refractivity contribution in [3.05, 3.63) is 0 Å². The second-order valence-electron chi connectivity index (χ2n) is 5.42. The summed E-state index contributed by atoms with van der Waals surface area (Å²) < 4.78 is 5.69. The molecule has 0 saturated heterocycles. The van der Waals surface area contributed by atoms with Gasteiger partial charge in [0.05, 0.1) is 0 Å². The molecule has 0 bridgehead atoms. The molecule has 104 valence electrons. The zero-order chi connectivity index (χ0) is 12.8. The summed E-state index contributed by atoms with van der Waals surface area (Å²) in [6.45, 7) is 8.83. The van der Waals surface area contributed by atoms with Gasteiger partial charge in [-0.05, 0) is 18.8 Å². The molecule has 0 fully saturated rings. The number of unbranched alkanes of at least 4 members (excludes halogenated alkanes) is 6. The zero-order valence-corrected chi connectivity index (χ0v) is 12.5. The van der Waals surface area contributed by atoms with E-state index in [0.717, 1.165) is 19.1 Å². The van der Waals surface area contributed by atoms with Crippen molar-refractivity contribution < 1.29 is 4.74 Å². The first-order chi connectivity index (χ1) is 8.31. The molecule has 0 saturated carbocycles. The highest BCUT2D eigenvalue weighted by atomic mass is 16.5. The van der Waals surface area contributed by atoms with E-state index in [0.29, 0.717) is 0 Å². The summed E-state index contributed by atoms with van der Waals surface area (Å²) in [7, 11) is 0. The van der Waals surface area contributed by atoms with Gasteiger partial charge in [0, 0.05) is 13.2 Å². The highest BCUT2D eigenvalue weighted by Gasteiger charge is 2.00. The summed E-state index contributed by atoms with van der Waals surface area (Å²) in [5.41, 5.74) is 0. The molecule has 0 rings (SSSR count). The minimum absolute atomic E-state index is 0.847. The van der Waals surface area contributed by atoms with Crippen molar-refractivity contribution in [2.45, 2.75) is 85.0 Å². The molecule has 0 N–H and O–H groups in total. The molecule has 0 heterocycles. The number of ether oxygens (including phenoxy) is 1. The molecule has 0 radical (unpaired) electrons. The molecule has 17 heavy (non-hydrogen) atoms. The molecular weight excluding hydrogens is 208 g/mol. The molecule has 0 amide bonds. The van der Waals surface area contributed by atoms with E-state index in [1.165, 1.54) is 64.2 Å². The molecule has 1 unspecified atom stereocenters. The van der Waals surface area contributed by atoms with Gasteiger partial charge in [-0.1, -0.05) is 72.1 Å². The van der Waals surface area contributed by atoms with E-state index in [-0.39, 0.29) is 0 Å². The van der Waals surface area contributed by atoms with Crippen LogP contribution in [0.15, 0.2) is 0 Å². The fourth-order valence-electron chi connectivity index (χ4n) is 2.07. The van der Waals surface area contributed by atoms with Crippen LogP contribution in [0.25, 0.3) is 0 Å². The molecule has 0 spiro atoms. The van der Waals surface area contributed by atoms with Crippen LogP contribution < -0.4 is 0 Å². The minimum atomic E-state index is 0.847. The minimum Gasteiger partial charge on any atom is -0.381 e. The van der Waals surface area contributed by atoms with Crippen molar-refractivity contribution in [2.75, 3.05) is 13.2 Å². The molecule has 0 aromatic heterocycles. The van der Waals surface area contributed by atoms with Crippen LogP contribution in [0.1, 0.15) is 85.0 Å². The van der Waals surface area contributed by atoms with Crippen molar-refractivity contribution in [1.29, 1.82) is 0 Å². The predicted molar refractivity (Wildman–Crippen MR) is 77.5 cm³/mol. The van der Waals surface area contributed by atoms with E-state index in [1.54, 1.807) is 0 Å². The molecule has 1 heteroatoms. The lowest BCUT2D eigenvalue weighted by Gasteiger charge is -2.10. The van der Waals surface area contributed by atoms with Gasteiger partial charge in [-0.2, -0.15) is 0 Å². The third-order valence-corrected chi connectivity index (χ3v) is 3.45. The average molecular weight is 242 g/mol. The molecule has 0 aliphatic heterocycles. The number of hydrogen-bond acceptors (Lipinski definition) is 1. The Kier molecular flexibility index (Phi) is 14.0. The van der Waals surface area contributed by atoms with Crippen LogP contribution in [-0.4, -0.2) is 13.2 Å². The Morgan fingerprint density at radius 2 is 1.35 bits per heavy atom. The molecular formula is C16H34O. The molecule has 0 aliphatic carbocycles. The van der Waals surface area contributed by atoms with Crippen molar-refractivity contribution in [3.8, 4) is 0 Å². The smallest absolute Gasteiger partial charge is 0.0468 e. The fraction of sp³-hybridized carbons (Fsp3) is 1.00. The average Bonchev–Trinajstić information content (AvgIpc) is 2.34. The monoisotopic (exact) mass is 242 g/mol. The quantitative estimate of drug-likeness (QED) is 0.383. The van der Waals surface area contributed by atoms with Gasteiger partial charge in [-0.25, -0.2) is 0 Å². The summed E-state index contributed by atoms with van der Waals surface area (Å²) in [5, 5.41) is 0. The van der Waals surface area contributed by atoms with E-state index in [4.69, 9.17) is 4.74 Å². The van der Waals surface area contributed by atoms with Crippen molar-refractivity contribution in [3.63, 3.8) is 0 Å². The highest BCUT2D eigenvalue weighted by Crippen LogP contribution is 2.11. The molecule has 1 atom stereocenters. The Labute approximate surface area is 109 Å².